The van der Waals surface area contributed by atoms with Crippen LogP contribution >= 0.6 is 0 Å². The Kier molecular flexibility index (Phi) is 8.42. The molecular formula is C17H27N5O6. The molecule has 0 aromatic carbocycles. The van der Waals surface area contributed by atoms with E-state index in [4.69, 9.17) is 4.74 Å². The van der Waals surface area contributed by atoms with Gasteiger partial charge in [-0.15, -0.1) is 0 Å². The molecule has 1 aromatic heterocycles. The number of urea groups is 1. The van der Waals surface area contributed by atoms with Gasteiger partial charge in [0.15, 0.2) is 0 Å². The number of carboxylic acids is 1. The molecular weight excluding hydrogens is 370 g/mol. The van der Waals surface area contributed by atoms with Crippen molar-refractivity contribution in [3.05, 3.63) is 22.1 Å². The number of aromatic amines is 1. The SMILES string of the molecule is Cc1cc(=O)nc(NC(=O)N[C@@H](CCCCNC(=O)OC(C)(C)C)C(=O)O)[nH]1. The number of amides is 3. The number of hydrogen-bond donors (Lipinski definition) is 5. The highest BCUT2D eigenvalue weighted by Crippen LogP contribution is 2.07. The molecule has 0 aliphatic rings. The molecule has 11 heteroatoms. The number of aryl methyl sites for hydroxylation is 1. The predicted octanol–water partition coefficient (Wildman–Crippen LogP) is 1.35. The molecule has 1 heterocycles. The van der Waals surface area contributed by atoms with Gasteiger partial charge in [0.05, 0.1) is 0 Å². The largest absolute Gasteiger partial charge is 0.480 e. The normalized spacial score (nSPS) is 12.0. The lowest BCUT2D eigenvalue weighted by Crippen LogP contribution is -2.43. The lowest BCUT2D eigenvalue weighted by atomic mass is 10.1. The summed E-state index contributed by atoms with van der Waals surface area (Å²) >= 11 is 0. The van der Waals surface area contributed by atoms with Gasteiger partial charge < -0.3 is 25.5 Å². The molecule has 0 aliphatic carbocycles. The summed E-state index contributed by atoms with van der Waals surface area (Å²) in [5.41, 5.74) is -0.618. The molecule has 0 unspecified atom stereocenters. The molecule has 0 saturated carbocycles. The number of carbonyl (C=O) groups excluding carboxylic acids is 2. The maximum absolute atomic E-state index is 11.9. The first-order valence-electron chi connectivity index (χ1n) is 8.81. The summed E-state index contributed by atoms with van der Waals surface area (Å²) in [5.74, 6) is -1.27. The summed E-state index contributed by atoms with van der Waals surface area (Å²) in [5, 5.41) is 16.4. The molecule has 1 rings (SSSR count). The van der Waals surface area contributed by atoms with Gasteiger partial charge in [0.2, 0.25) is 5.95 Å². The molecule has 0 radical (unpaired) electrons. The zero-order valence-corrected chi connectivity index (χ0v) is 16.4. The maximum atomic E-state index is 11.9. The van der Waals surface area contributed by atoms with E-state index in [1.165, 1.54) is 6.07 Å². The number of H-pyrrole nitrogens is 1. The van der Waals surface area contributed by atoms with Crippen LogP contribution in [0.25, 0.3) is 0 Å². The van der Waals surface area contributed by atoms with Crippen molar-refractivity contribution in [2.24, 2.45) is 0 Å². The number of rotatable bonds is 8. The van der Waals surface area contributed by atoms with Crippen molar-refractivity contribution in [3.8, 4) is 0 Å². The molecule has 0 aliphatic heterocycles. The number of anilines is 1. The molecule has 11 nitrogen and oxygen atoms in total. The smallest absolute Gasteiger partial charge is 0.407 e. The first-order chi connectivity index (χ1) is 13.0. The Morgan fingerprint density at radius 3 is 2.54 bits per heavy atom. The fourth-order valence-electron chi connectivity index (χ4n) is 2.18. The molecule has 3 amide bonds. The van der Waals surface area contributed by atoms with Gasteiger partial charge in [-0.1, -0.05) is 0 Å². The standard InChI is InChI=1S/C17H27N5O6/c1-10-9-12(23)21-14(19-10)22-15(26)20-11(13(24)25)7-5-6-8-18-16(27)28-17(2,3)4/h9,11H,5-8H2,1-4H3,(H,18,27)(H,24,25)(H3,19,20,21,22,23,26)/t11-/m0/s1. The number of nitrogens with one attached hydrogen (secondary N) is 4. The predicted molar refractivity (Wildman–Crippen MR) is 101 cm³/mol. The number of carbonyl (C=O) groups is 3. The molecule has 1 aromatic rings. The van der Waals surface area contributed by atoms with E-state index < -0.39 is 35.3 Å². The van der Waals surface area contributed by atoms with Crippen molar-refractivity contribution in [1.82, 2.24) is 20.6 Å². The van der Waals surface area contributed by atoms with Crippen LogP contribution in [0.2, 0.25) is 0 Å². The van der Waals surface area contributed by atoms with Crippen molar-refractivity contribution < 1.29 is 24.2 Å². The summed E-state index contributed by atoms with van der Waals surface area (Å²) in [4.78, 5) is 52.3. The number of ether oxygens (including phenoxy) is 1. The van der Waals surface area contributed by atoms with Gasteiger partial charge in [0, 0.05) is 18.3 Å². The Hall–Kier alpha value is -3.11. The third-order valence-electron chi connectivity index (χ3n) is 3.30. The lowest BCUT2D eigenvalue weighted by molar-refractivity contribution is -0.139. The Morgan fingerprint density at radius 2 is 1.96 bits per heavy atom. The number of aromatic nitrogens is 2. The first kappa shape index (κ1) is 22.9. The van der Waals surface area contributed by atoms with Crippen molar-refractivity contribution in [2.75, 3.05) is 11.9 Å². The second kappa shape index (κ2) is 10.3. The highest BCUT2D eigenvalue weighted by atomic mass is 16.6. The van der Waals surface area contributed by atoms with Crippen LogP contribution in [0.5, 0.6) is 0 Å². The molecule has 0 spiro atoms. The fourth-order valence-corrected chi connectivity index (χ4v) is 2.18. The van der Waals surface area contributed by atoms with Crippen molar-refractivity contribution in [1.29, 1.82) is 0 Å². The van der Waals surface area contributed by atoms with Crippen LogP contribution in [-0.4, -0.2) is 51.4 Å². The minimum absolute atomic E-state index is 0.0757. The molecule has 1 atom stereocenters. The summed E-state index contributed by atoms with van der Waals surface area (Å²) in [6.45, 7) is 7.20. The Bertz CT molecular complexity index is 755. The Balaban J connectivity index is 2.40. The van der Waals surface area contributed by atoms with Crippen LogP contribution < -0.4 is 21.5 Å². The quantitative estimate of drug-likeness (QED) is 0.413. The van der Waals surface area contributed by atoms with Crippen LogP contribution in [0.1, 0.15) is 45.7 Å². The van der Waals surface area contributed by atoms with Crippen molar-refractivity contribution >= 4 is 24.0 Å². The average Bonchev–Trinajstić information content (AvgIpc) is 2.50. The van der Waals surface area contributed by atoms with Crippen LogP contribution in [0.3, 0.4) is 0 Å². The van der Waals surface area contributed by atoms with E-state index in [0.717, 1.165) is 0 Å². The first-order valence-corrected chi connectivity index (χ1v) is 8.81. The third-order valence-corrected chi connectivity index (χ3v) is 3.30. The molecule has 156 valence electrons. The lowest BCUT2D eigenvalue weighted by Gasteiger charge is -2.19. The summed E-state index contributed by atoms with van der Waals surface area (Å²) in [6, 6.07) is -0.667. The van der Waals surface area contributed by atoms with Gasteiger partial charge in [0.25, 0.3) is 5.56 Å². The van der Waals surface area contributed by atoms with Gasteiger partial charge in [-0.2, -0.15) is 4.98 Å². The highest BCUT2D eigenvalue weighted by molar-refractivity contribution is 5.90. The number of aliphatic carboxylic acids is 1. The van der Waals surface area contributed by atoms with Gasteiger partial charge in [-0.05, 0) is 47.0 Å². The topological polar surface area (TPSA) is 163 Å². The fraction of sp³-hybridized carbons (Fsp3) is 0.588. The van der Waals surface area contributed by atoms with Gasteiger partial charge in [-0.25, -0.2) is 14.4 Å². The van der Waals surface area contributed by atoms with E-state index in [1.807, 2.05) is 0 Å². The Morgan fingerprint density at radius 1 is 1.29 bits per heavy atom. The minimum atomic E-state index is -1.19. The number of alkyl carbamates (subject to hydrolysis) is 1. The van der Waals surface area contributed by atoms with Crippen molar-refractivity contribution in [3.63, 3.8) is 0 Å². The van der Waals surface area contributed by atoms with Crippen LogP contribution in [0, 0.1) is 6.92 Å². The zero-order valence-electron chi connectivity index (χ0n) is 16.4. The second-order valence-corrected chi connectivity index (χ2v) is 7.16. The Labute approximate surface area is 162 Å². The number of carboxylic acid groups (broad SMARTS) is 1. The number of hydrogen-bond acceptors (Lipinski definition) is 6. The van der Waals surface area contributed by atoms with Gasteiger partial charge in [0.1, 0.15) is 11.6 Å². The van der Waals surface area contributed by atoms with Crippen LogP contribution in [-0.2, 0) is 9.53 Å². The van der Waals surface area contributed by atoms with E-state index >= 15 is 0 Å². The van der Waals surface area contributed by atoms with E-state index in [2.05, 4.69) is 25.9 Å². The van der Waals surface area contributed by atoms with E-state index in [9.17, 15) is 24.3 Å². The summed E-state index contributed by atoms with van der Waals surface area (Å²) in [6.07, 6.45) is 0.585. The monoisotopic (exact) mass is 397 g/mol. The number of nitrogens with zero attached hydrogens (tertiary/aromatic N) is 1. The summed E-state index contributed by atoms with van der Waals surface area (Å²) < 4.78 is 5.09. The number of unbranched alkanes of at least 4 members (excludes halogenated alkanes) is 1. The third kappa shape index (κ3) is 9.55. The minimum Gasteiger partial charge on any atom is -0.480 e. The zero-order chi connectivity index (χ0) is 21.3. The van der Waals surface area contributed by atoms with Gasteiger partial charge >= 0.3 is 18.1 Å². The van der Waals surface area contributed by atoms with E-state index in [-0.39, 0.29) is 12.4 Å². The van der Waals surface area contributed by atoms with Crippen LogP contribution in [0.15, 0.2) is 10.9 Å². The highest BCUT2D eigenvalue weighted by Gasteiger charge is 2.20. The maximum Gasteiger partial charge on any atom is 0.407 e. The van der Waals surface area contributed by atoms with E-state index in [0.29, 0.717) is 25.1 Å². The molecule has 0 saturated heterocycles. The molecule has 0 fully saturated rings. The molecule has 28 heavy (non-hydrogen) atoms. The van der Waals surface area contributed by atoms with Crippen molar-refractivity contribution in [2.45, 2.75) is 58.6 Å². The average molecular weight is 397 g/mol. The van der Waals surface area contributed by atoms with Gasteiger partial charge in [-0.3, -0.25) is 10.1 Å². The molecule has 5 N–H and O–H groups in total. The van der Waals surface area contributed by atoms with Crippen LogP contribution in [0.4, 0.5) is 15.5 Å². The second-order valence-electron chi connectivity index (χ2n) is 7.16. The summed E-state index contributed by atoms with van der Waals surface area (Å²) in [7, 11) is 0. The van der Waals surface area contributed by atoms with E-state index in [1.54, 1.807) is 27.7 Å². The molecule has 0 bridgehead atoms.